The number of carbonyl (C=O) groups excluding carboxylic acids is 1. The normalized spacial score (nSPS) is 15.9. The molecule has 4 rings (SSSR count). The van der Waals surface area contributed by atoms with Crippen LogP contribution in [-0.4, -0.2) is 46.4 Å². The van der Waals surface area contributed by atoms with Crippen molar-refractivity contribution in [3.63, 3.8) is 0 Å². The molecule has 1 aromatic carbocycles. The van der Waals surface area contributed by atoms with E-state index in [0.717, 1.165) is 43.7 Å². The monoisotopic (exact) mass is 362 g/mol. The fourth-order valence-corrected chi connectivity index (χ4v) is 3.85. The molecule has 1 amide bonds. The lowest BCUT2D eigenvalue weighted by Gasteiger charge is -2.31. The second-order valence-electron chi connectivity index (χ2n) is 7.26. The minimum absolute atomic E-state index is 0.108. The summed E-state index contributed by atoms with van der Waals surface area (Å²) in [5.74, 6) is 0.734. The van der Waals surface area contributed by atoms with Gasteiger partial charge in [0.15, 0.2) is 0 Å². The highest BCUT2D eigenvalue weighted by molar-refractivity contribution is 5.78. The maximum atomic E-state index is 12.2. The number of amides is 1. The van der Waals surface area contributed by atoms with Gasteiger partial charge in [0.05, 0.1) is 12.2 Å². The van der Waals surface area contributed by atoms with Gasteiger partial charge in [-0.1, -0.05) is 36.4 Å². The molecular formula is C22H26N4O. The molecule has 1 fully saturated rings. The van der Waals surface area contributed by atoms with E-state index in [4.69, 9.17) is 0 Å². The van der Waals surface area contributed by atoms with Crippen LogP contribution in [0.1, 0.15) is 30.0 Å². The average Bonchev–Trinajstić information content (AvgIpc) is 3.12. The molecule has 3 aromatic rings. The molecule has 1 N–H and O–H groups in total. The summed E-state index contributed by atoms with van der Waals surface area (Å²) in [5, 5.41) is 3.04. The summed E-state index contributed by atoms with van der Waals surface area (Å²) in [6.45, 7) is 3.09. The summed E-state index contributed by atoms with van der Waals surface area (Å²) < 4.78 is 2.01. The number of hydrogen-bond acceptors (Lipinski definition) is 3. The Morgan fingerprint density at radius 3 is 2.63 bits per heavy atom. The van der Waals surface area contributed by atoms with E-state index in [-0.39, 0.29) is 5.91 Å². The first-order valence-corrected chi connectivity index (χ1v) is 9.74. The number of nitrogens with one attached hydrogen (secondary N) is 1. The second kappa shape index (κ2) is 8.35. The number of piperidine rings is 1. The topological polar surface area (TPSA) is 49.6 Å². The average molecular weight is 362 g/mol. The van der Waals surface area contributed by atoms with E-state index in [0.29, 0.717) is 19.0 Å². The van der Waals surface area contributed by atoms with E-state index in [1.165, 1.54) is 5.56 Å². The summed E-state index contributed by atoms with van der Waals surface area (Å²) in [4.78, 5) is 19.1. The van der Waals surface area contributed by atoms with Crippen LogP contribution in [0.2, 0.25) is 0 Å². The van der Waals surface area contributed by atoms with Crippen molar-refractivity contribution in [3.8, 4) is 0 Å². The molecule has 1 aliphatic heterocycles. The third kappa shape index (κ3) is 4.55. The summed E-state index contributed by atoms with van der Waals surface area (Å²) in [6.07, 6.45) is 7.01. The molecule has 27 heavy (non-hydrogen) atoms. The molecule has 0 radical (unpaired) electrons. The van der Waals surface area contributed by atoms with Gasteiger partial charge in [-0.05, 0) is 49.5 Å². The molecule has 0 saturated carbocycles. The SMILES string of the molecule is O=C(CN1CCC(c2ccccc2)CC1)NCCc1cn2ccccc2n1. The third-order valence-electron chi connectivity index (χ3n) is 5.34. The number of hydrogen-bond donors (Lipinski definition) is 1. The van der Waals surface area contributed by atoms with E-state index in [9.17, 15) is 4.79 Å². The predicted molar refractivity (Wildman–Crippen MR) is 107 cm³/mol. The Balaban J connectivity index is 1.19. The van der Waals surface area contributed by atoms with Gasteiger partial charge < -0.3 is 9.72 Å². The van der Waals surface area contributed by atoms with Crippen LogP contribution in [0.5, 0.6) is 0 Å². The number of likely N-dealkylation sites (tertiary alicyclic amines) is 1. The van der Waals surface area contributed by atoms with Crippen LogP contribution in [0.3, 0.4) is 0 Å². The van der Waals surface area contributed by atoms with Crippen molar-refractivity contribution in [1.29, 1.82) is 0 Å². The molecule has 2 aromatic heterocycles. The van der Waals surface area contributed by atoms with Gasteiger partial charge in [0.2, 0.25) is 5.91 Å². The minimum Gasteiger partial charge on any atom is -0.355 e. The van der Waals surface area contributed by atoms with E-state index < -0.39 is 0 Å². The van der Waals surface area contributed by atoms with E-state index >= 15 is 0 Å². The first kappa shape index (κ1) is 17.7. The lowest BCUT2D eigenvalue weighted by Crippen LogP contribution is -2.41. The number of benzene rings is 1. The van der Waals surface area contributed by atoms with Crippen LogP contribution in [0, 0.1) is 0 Å². The van der Waals surface area contributed by atoms with Gasteiger partial charge in [0.1, 0.15) is 5.65 Å². The van der Waals surface area contributed by atoms with Crippen molar-refractivity contribution >= 4 is 11.6 Å². The molecule has 0 spiro atoms. The molecule has 0 unspecified atom stereocenters. The standard InChI is InChI=1S/C22H26N4O/c27-22(23-12-9-20-16-26-13-5-4-8-21(26)24-20)17-25-14-10-19(11-15-25)18-6-2-1-3-7-18/h1-8,13,16,19H,9-12,14-15,17H2,(H,23,27). The highest BCUT2D eigenvalue weighted by Crippen LogP contribution is 2.27. The zero-order valence-corrected chi connectivity index (χ0v) is 15.6. The van der Waals surface area contributed by atoms with Gasteiger partial charge in [-0.15, -0.1) is 0 Å². The lowest BCUT2D eigenvalue weighted by atomic mass is 9.89. The van der Waals surface area contributed by atoms with E-state index in [2.05, 4.69) is 45.5 Å². The predicted octanol–water partition coefficient (Wildman–Crippen LogP) is 2.87. The molecule has 5 heteroatoms. The van der Waals surface area contributed by atoms with Crippen LogP contribution in [0.25, 0.3) is 5.65 Å². The molecular weight excluding hydrogens is 336 g/mol. The second-order valence-corrected chi connectivity index (χ2v) is 7.26. The number of carbonyl (C=O) groups is 1. The smallest absolute Gasteiger partial charge is 0.234 e. The van der Waals surface area contributed by atoms with Gasteiger partial charge in [-0.3, -0.25) is 9.69 Å². The zero-order chi connectivity index (χ0) is 18.5. The lowest BCUT2D eigenvalue weighted by molar-refractivity contribution is -0.122. The number of rotatable bonds is 6. The molecule has 1 saturated heterocycles. The molecule has 5 nitrogen and oxygen atoms in total. The Labute approximate surface area is 160 Å². The molecule has 0 aliphatic carbocycles. The summed E-state index contributed by atoms with van der Waals surface area (Å²) in [5.41, 5.74) is 3.37. The minimum atomic E-state index is 0.108. The Morgan fingerprint density at radius 1 is 1.07 bits per heavy atom. The number of nitrogens with zero attached hydrogens (tertiary/aromatic N) is 3. The van der Waals surface area contributed by atoms with Crippen molar-refractivity contribution in [2.24, 2.45) is 0 Å². The summed E-state index contributed by atoms with van der Waals surface area (Å²) >= 11 is 0. The van der Waals surface area contributed by atoms with Crippen LogP contribution in [0.15, 0.2) is 60.9 Å². The number of imidazole rings is 1. The zero-order valence-electron chi connectivity index (χ0n) is 15.6. The van der Waals surface area contributed by atoms with Crippen molar-refractivity contribution < 1.29 is 4.79 Å². The first-order chi connectivity index (χ1) is 13.3. The van der Waals surface area contributed by atoms with Gasteiger partial charge in [-0.2, -0.15) is 0 Å². The number of fused-ring (bicyclic) bond motifs is 1. The quantitative estimate of drug-likeness (QED) is 0.734. The van der Waals surface area contributed by atoms with Crippen LogP contribution in [0.4, 0.5) is 0 Å². The van der Waals surface area contributed by atoms with Crippen molar-refractivity contribution in [3.05, 3.63) is 72.2 Å². The fourth-order valence-electron chi connectivity index (χ4n) is 3.85. The molecule has 0 atom stereocenters. The molecule has 140 valence electrons. The van der Waals surface area contributed by atoms with Gasteiger partial charge in [-0.25, -0.2) is 4.98 Å². The van der Waals surface area contributed by atoms with Gasteiger partial charge >= 0.3 is 0 Å². The first-order valence-electron chi connectivity index (χ1n) is 9.74. The number of aromatic nitrogens is 2. The van der Waals surface area contributed by atoms with Crippen molar-refractivity contribution in [2.75, 3.05) is 26.2 Å². The van der Waals surface area contributed by atoms with E-state index in [1.807, 2.05) is 35.0 Å². The van der Waals surface area contributed by atoms with Crippen LogP contribution >= 0.6 is 0 Å². The maximum absolute atomic E-state index is 12.2. The summed E-state index contributed by atoms with van der Waals surface area (Å²) in [6, 6.07) is 16.7. The van der Waals surface area contributed by atoms with Crippen molar-refractivity contribution in [1.82, 2.24) is 19.6 Å². The van der Waals surface area contributed by atoms with Crippen molar-refractivity contribution in [2.45, 2.75) is 25.2 Å². The Morgan fingerprint density at radius 2 is 1.85 bits per heavy atom. The summed E-state index contributed by atoms with van der Waals surface area (Å²) in [7, 11) is 0. The Bertz CT molecular complexity index is 848. The third-order valence-corrected chi connectivity index (χ3v) is 5.34. The van der Waals surface area contributed by atoms with Crippen LogP contribution < -0.4 is 5.32 Å². The highest BCUT2D eigenvalue weighted by Gasteiger charge is 2.21. The van der Waals surface area contributed by atoms with Crippen LogP contribution in [-0.2, 0) is 11.2 Å². The number of pyridine rings is 1. The Kier molecular flexibility index (Phi) is 5.49. The molecule has 3 heterocycles. The van der Waals surface area contributed by atoms with E-state index in [1.54, 1.807) is 0 Å². The molecule has 0 bridgehead atoms. The largest absolute Gasteiger partial charge is 0.355 e. The molecule has 1 aliphatic rings. The highest BCUT2D eigenvalue weighted by atomic mass is 16.2. The van der Waals surface area contributed by atoms with Gasteiger partial charge in [0.25, 0.3) is 0 Å². The van der Waals surface area contributed by atoms with Gasteiger partial charge in [0, 0.05) is 25.4 Å². The Hall–Kier alpha value is -2.66. The maximum Gasteiger partial charge on any atom is 0.234 e. The fraction of sp³-hybridized carbons (Fsp3) is 0.364.